The molecular weight excluding hydrogens is 160 g/mol. The Bertz CT molecular complexity index is 159. The topological polar surface area (TPSA) is 6.48 Å². The lowest BCUT2D eigenvalue weighted by atomic mass is 9.93. The zero-order valence-corrected chi connectivity index (χ0v) is 9.00. The Morgan fingerprint density at radius 1 is 1.08 bits per heavy atom. The Kier molecular flexibility index (Phi) is 2.89. The third kappa shape index (κ3) is 1.89. The molecule has 1 unspecified atom stereocenters. The molecule has 2 aliphatic heterocycles. The molecule has 0 N–H and O–H groups in total. The molecule has 2 aliphatic rings. The number of hydrogen-bond donors (Lipinski definition) is 0. The Hall–Kier alpha value is -0.0800. The highest BCUT2D eigenvalue weighted by molar-refractivity contribution is 4.89. The normalized spacial score (nSPS) is 33.2. The van der Waals surface area contributed by atoms with Crippen LogP contribution in [0.25, 0.3) is 0 Å². The Labute approximate surface area is 81.9 Å². The van der Waals surface area contributed by atoms with Gasteiger partial charge in [0.1, 0.15) is 0 Å². The molecule has 0 spiro atoms. The third-order valence-electron chi connectivity index (χ3n) is 3.82. The standard InChI is InChI=1S/C11H22N2/c1-3-10-6-9-13(10)11-4-7-12(2)8-5-11/h10-11H,3-9H2,1-2H3. The maximum Gasteiger partial charge on any atom is 0.0123 e. The quantitative estimate of drug-likeness (QED) is 0.639. The van der Waals surface area contributed by atoms with Crippen molar-refractivity contribution < 1.29 is 0 Å². The molecule has 2 rings (SSSR count). The van der Waals surface area contributed by atoms with Crippen LogP contribution in [0, 0.1) is 0 Å². The van der Waals surface area contributed by atoms with Gasteiger partial charge >= 0.3 is 0 Å². The zero-order chi connectivity index (χ0) is 9.26. The van der Waals surface area contributed by atoms with E-state index in [-0.39, 0.29) is 0 Å². The number of nitrogens with zero attached hydrogens (tertiary/aromatic N) is 2. The second-order valence-electron chi connectivity index (χ2n) is 4.62. The van der Waals surface area contributed by atoms with Crippen LogP contribution in [0.3, 0.4) is 0 Å². The van der Waals surface area contributed by atoms with Gasteiger partial charge in [-0.3, -0.25) is 4.90 Å². The summed E-state index contributed by atoms with van der Waals surface area (Å²) < 4.78 is 0. The summed E-state index contributed by atoms with van der Waals surface area (Å²) in [5.74, 6) is 0. The van der Waals surface area contributed by atoms with E-state index in [0.29, 0.717) is 0 Å². The van der Waals surface area contributed by atoms with Crippen LogP contribution in [-0.2, 0) is 0 Å². The molecule has 13 heavy (non-hydrogen) atoms. The number of hydrogen-bond acceptors (Lipinski definition) is 2. The minimum atomic E-state index is 0.912. The van der Waals surface area contributed by atoms with Gasteiger partial charge in [-0.1, -0.05) is 6.92 Å². The third-order valence-corrected chi connectivity index (χ3v) is 3.82. The van der Waals surface area contributed by atoms with Crippen molar-refractivity contribution in [3.05, 3.63) is 0 Å². The fourth-order valence-electron chi connectivity index (χ4n) is 2.71. The van der Waals surface area contributed by atoms with Crippen molar-refractivity contribution >= 4 is 0 Å². The van der Waals surface area contributed by atoms with Crippen LogP contribution >= 0.6 is 0 Å². The van der Waals surface area contributed by atoms with Crippen LogP contribution in [0.4, 0.5) is 0 Å². The molecule has 0 radical (unpaired) electrons. The van der Waals surface area contributed by atoms with Gasteiger partial charge in [0.25, 0.3) is 0 Å². The number of piperidine rings is 1. The van der Waals surface area contributed by atoms with Crippen molar-refractivity contribution in [3.63, 3.8) is 0 Å². The minimum Gasteiger partial charge on any atom is -0.306 e. The molecule has 0 amide bonds. The maximum atomic E-state index is 2.74. The van der Waals surface area contributed by atoms with Gasteiger partial charge in [0.15, 0.2) is 0 Å². The van der Waals surface area contributed by atoms with Crippen molar-refractivity contribution in [3.8, 4) is 0 Å². The van der Waals surface area contributed by atoms with Gasteiger partial charge in [-0.2, -0.15) is 0 Å². The van der Waals surface area contributed by atoms with Gasteiger partial charge in [-0.05, 0) is 45.8 Å². The van der Waals surface area contributed by atoms with Gasteiger partial charge in [-0.25, -0.2) is 0 Å². The highest BCUT2D eigenvalue weighted by Crippen LogP contribution is 2.27. The summed E-state index contributed by atoms with van der Waals surface area (Å²) in [6.07, 6.45) is 5.59. The van der Waals surface area contributed by atoms with Gasteiger partial charge in [0.05, 0.1) is 0 Å². The molecular formula is C11H22N2. The van der Waals surface area contributed by atoms with Crippen molar-refractivity contribution in [2.24, 2.45) is 0 Å². The molecule has 76 valence electrons. The molecule has 2 fully saturated rings. The lowest BCUT2D eigenvalue weighted by Gasteiger charge is -2.48. The summed E-state index contributed by atoms with van der Waals surface area (Å²) in [7, 11) is 2.24. The van der Waals surface area contributed by atoms with Crippen LogP contribution in [0.1, 0.15) is 32.6 Å². The first-order chi connectivity index (χ1) is 6.31. The lowest BCUT2D eigenvalue weighted by molar-refractivity contribution is 0.0110. The summed E-state index contributed by atoms with van der Waals surface area (Å²) in [6, 6.07) is 1.84. The van der Waals surface area contributed by atoms with E-state index in [2.05, 4.69) is 23.8 Å². The van der Waals surface area contributed by atoms with Crippen LogP contribution in [0.5, 0.6) is 0 Å². The molecule has 0 aliphatic carbocycles. The molecule has 2 nitrogen and oxygen atoms in total. The van der Waals surface area contributed by atoms with E-state index >= 15 is 0 Å². The van der Waals surface area contributed by atoms with E-state index in [1.54, 1.807) is 0 Å². The lowest BCUT2D eigenvalue weighted by Crippen LogP contribution is -2.55. The summed E-state index contributed by atoms with van der Waals surface area (Å²) in [6.45, 7) is 6.30. The fourth-order valence-corrected chi connectivity index (χ4v) is 2.71. The summed E-state index contributed by atoms with van der Waals surface area (Å²) in [5.41, 5.74) is 0. The monoisotopic (exact) mass is 182 g/mol. The second kappa shape index (κ2) is 3.97. The molecule has 0 aromatic rings. The highest BCUT2D eigenvalue weighted by Gasteiger charge is 2.33. The predicted molar refractivity (Wildman–Crippen MR) is 55.9 cm³/mol. The predicted octanol–water partition coefficient (Wildman–Crippen LogP) is 1.56. The Balaban J connectivity index is 1.81. The average Bonchev–Trinajstić information content (AvgIpc) is 2.08. The van der Waals surface area contributed by atoms with E-state index in [0.717, 1.165) is 12.1 Å². The number of rotatable bonds is 2. The highest BCUT2D eigenvalue weighted by atomic mass is 15.3. The maximum absolute atomic E-state index is 2.74. The number of likely N-dealkylation sites (tertiary alicyclic amines) is 2. The largest absolute Gasteiger partial charge is 0.306 e. The molecule has 0 aromatic heterocycles. The molecule has 0 bridgehead atoms. The van der Waals surface area contributed by atoms with Gasteiger partial charge in [-0.15, -0.1) is 0 Å². The first-order valence-electron chi connectivity index (χ1n) is 5.75. The van der Waals surface area contributed by atoms with Crippen LogP contribution in [-0.4, -0.2) is 48.6 Å². The first kappa shape index (κ1) is 9.47. The van der Waals surface area contributed by atoms with Crippen molar-refractivity contribution in [2.75, 3.05) is 26.7 Å². The molecule has 1 atom stereocenters. The van der Waals surface area contributed by atoms with Crippen molar-refractivity contribution in [1.82, 2.24) is 9.80 Å². The molecule has 2 saturated heterocycles. The molecule has 0 aromatic carbocycles. The first-order valence-corrected chi connectivity index (χ1v) is 5.75. The smallest absolute Gasteiger partial charge is 0.0123 e. The van der Waals surface area contributed by atoms with E-state index in [1.807, 2.05) is 0 Å². The van der Waals surface area contributed by atoms with E-state index in [4.69, 9.17) is 0 Å². The molecule has 2 heterocycles. The minimum absolute atomic E-state index is 0.912. The average molecular weight is 182 g/mol. The van der Waals surface area contributed by atoms with E-state index in [1.165, 1.54) is 45.3 Å². The van der Waals surface area contributed by atoms with Crippen LogP contribution in [0.15, 0.2) is 0 Å². The second-order valence-corrected chi connectivity index (χ2v) is 4.62. The fraction of sp³-hybridized carbons (Fsp3) is 1.00. The van der Waals surface area contributed by atoms with Crippen molar-refractivity contribution in [1.29, 1.82) is 0 Å². The van der Waals surface area contributed by atoms with Gasteiger partial charge in [0.2, 0.25) is 0 Å². The van der Waals surface area contributed by atoms with E-state index in [9.17, 15) is 0 Å². The van der Waals surface area contributed by atoms with E-state index < -0.39 is 0 Å². The van der Waals surface area contributed by atoms with Crippen LogP contribution in [0.2, 0.25) is 0 Å². The Morgan fingerprint density at radius 2 is 1.77 bits per heavy atom. The van der Waals surface area contributed by atoms with Crippen molar-refractivity contribution in [2.45, 2.75) is 44.7 Å². The molecule has 0 saturated carbocycles. The SMILES string of the molecule is CCC1CCN1C1CCN(C)CC1. The summed E-state index contributed by atoms with van der Waals surface area (Å²) in [5, 5.41) is 0. The molecule has 2 heteroatoms. The summed E-state index contributed by atoms with van der Waals surface area (Å²) in [4.78, 5) is 5.20. The zero-order valence-electron chi connectivity index (χ0n) is 9.00. The van der Waals surface area contributed by atoms with Gasteiger partial charge in [0, 0.05) is 18.6 Å². The summed E-state index contributed by atoms with van der Waals surface area (Å²) >= 11 is 0. The van der Waals surface area contributed by atoms with Crippen LogP contribution < -0.4 is 0 Å². The Morgan fingerprint density at radius 3 is 2.23 bits per heavy atom. The van der Waals surface area contributed by atoms with Gasteiger partial charge < -0.3 is 4.90 Å².